The molecule has 0 radical (unpaired) electrons. The zero-order chi connectivity index (χ0) is 19.6. The van der Waals surface area contributed by atoms with E-state index in [4.69, 9.17) is 4.74 Å². The van der Waals surface area contributed by atoms with Crippen LogP contribution in [0.4, 0.5) is 17.3 Å². The first kappa shape index (κ1) is 19.1. The number of ether oxygens (including phenoxy) is 1. The summed E-state index contributed by atoms with van der Waals surface area (Å²) in [5.74, 6) is 1.77. The number of benzene rings is 1. The maximum atomic E-state index is 11.8. The lowest BCUT2D eigenvalue weighted by Gasteiger charge is -2.09. The van der Waals surface area contributed by atoms with Crippen LogP contribution in [0.2, 0.25) is 0 Å². The van der Waals surface area contributed by atoms with Crippen LogP contribution in [0.15, 0.2) is 60.9 Å². The van der Waals surface area contributed by atoms with Crippen molar-refractivity contribution in [2.75, 3.05) is 30.3 Å². The van der Waals surface area contributed by atoms with E-state index in [1.165, 1.54) is 0 Å². The number of nitrogens with zero attached hydrogens (tertiary/aromatic N) is 3. The first-order chi connectivity index (χ1) is 13.7. The van der Waals surface area contributed by atoms with Gasteiger partial charge in [-0.3, -0.25) is 9.78 Å². The highest BCUT2D eigenvalue weighted by Gasteiger charge is 2.03. The molecule has 0 unspecified atom stereocenters. The Morgan fingerprint density at radius 1 is 0.929 bits per heavy atom. The van der Waals surface area contributed by atoms with Crippen molar-refractivity contribution in [1.82, 2.24) is 20.5 Å². The van der Waals surface area contributed by atoms with Gasteiger partial charge in [0.2, 0.25) is 0 Å². The number of aromatic nitrogens is 3. The second-order valence-electron chi connectivity index (χ2n) is 6.04. The standard InChI is InChI=1S/C20H22N6O2/c1-15-2-4-17(5-3-15)28-14-20(27)23-13-12-22-18-6-7-19(26-25-18)24-16-8-10-21-11-9-16/h2-11H,12-14H2,1H3,(H,22,25)(H,23,27)(H,21,24,26). The molecule has 0 aliphatic rings. The minimum Gasteiger partial charge on any atom is -0.484 e. The highest BCUT2D eigenvalue weighted by molar-refractivity contribution is 5.77. The normalized spacial score (nSPS) is 10.2. The summed E-state index contributed by atoms with van der Waals surface area (Å²) in [4.78, 5) is 15.8. The number of carbonyl (C=O) groups excluding carboxylic acids is 1. The number of hydrogen-bond acceptors (Lipinski definition) is 7. The Hall–Kier alpha value is -3.68. The van der Waals surface area contributed by atoms with Gasteiger partial charge >= 0.3 is 0 Å². The highest BCUT2D eigenvalue weighted by Crippen LogP contribution is 2.13. The summed E-state index contributed by atoms with van der Waals surface area (Å²) in [7, 11) is 0. The second-order valence-corrected chi connectivity index (χ2v) is 6.04. The predicted molar refractivity (Wildman–Crippen MR) is 108 cm³/mol. The fourth-order valence-corrected chi connectivity index (χ4v) is 2.30. The first-order valence-corrected chi connectivity index (χ1v) is 8.90. The van der Waals surface area contributed by atoms with Gasteiger partial charge in [0.1, 0.15) is 11.6 Å². The van der Waals surface area contributed by atoms with Crippen molar-refractivity contribution in [3.63, 3.8) is 0 Å². The SMILES string of the molecule is Cc1ccc(OCC(=O)NCCNc2ccc(Nc3ccncc3)nn2)cc1. The van der Waals surface area contributed by atoms with Gasteiger partial charge in [0.15, 0.2) is 12.4 Å². The molecule has 28 heavy (non-hydrogen) atoms. The Balaban J connectivity index is 1.33. The minimum atomic E-state index is -0.176. The maximum Gasteiger partial charge on any atom is 0.258 e. The predicted octanol–water partition coefficient (Wildman–Crippen LogP) is 2.53. The monoisotopic (exact) mass is 378 g/mol. The summed E-state index contributed by atoms with van der Waals surface area (Å²) in [5, 5.41) is 17.2. The number of carbonyl (C=O) groups is 1. The number of nitrogens with one attached hydrogen (secondary N) is 3. The van der Waals surface area contributed by atoms with Crippen molar-refractivity contribution in [3.05, 3.63) is 66.5 Å². The van der Waals surface area contributed by atoms with Crippen LogP contribution in [0.5, 0.6) is 5.75 Å². The van der Waals surface area contributed by atoms with E-state index in [9.17, 15) is 4.79 Å². The Morgan fingerprint density at radius 3 is 2.36 bits per heavy atom. The van der Waals surface area contributed by atoms with E-state index in [0.717, 1.165) is 11.3 Å². The van der Waals surface area contributed by atoms with Gasteiger partial charge < -0.3 is 20.7 Å². The zero-order valence-corrected chi connectivity index (χ0v) is 15.6. The number of hydrogen-bond donors (Lipinski definition) is 3. The van der Waals surface area contributed by atoms with E-state index in [-0.39, 0.29) is 12.5 Å². The molecular formula is C20H22N6O2. The van der Waals surface area contributed by atoms with E-state index < -0.39 is 0 Å². The summed E-state index contributed by atoms with van der Waals surface area (Å²) >= 11 is 0. The molecule has 8 nitrogen and oxygen atoms in total. The maximum absolute atomic E-state index is 11.8. The van der Waals surface area contributed by atoms with Crippen LogP contribution in [-0.2, 0) is 4.79 Å². The summed E-state index contributed by atoms with van der Waals surface area (Å²) in [6.07, 6.45) is 3.40. The molecule has 0 fully saturated rings. The molecule has 8 heteroatoms. The molecule has 2 heterocycles. The molecule has 0 atom stereocenters. The lowest BCUT2D eigenvalue weighted by Crippen LogP contribution is -2.32. The van der Waals surface area contributed by atoms with Crippen molar-refractivity contribution in [3.8, 4) is 5.75 Å². The number of anilines is 3. The Bertz CT molecular complexity index is 869. The molecule has 0 bridgehead atoms. The van der Waals surface area contributed by atoms with Crippen LogP contribution in [0.25, 0.3) is 0 Å². The fourth-order valence-electron chi connectivity index (χ4n) is 2.30. The third kappa shape index (κ3) is 6.24. The number of pyridine rings is 1. The zero-order valence-electron chi connectivity index (χ0n) is 15.6. The van der Waals surface area contributed by atoms with Crippen molar-refractivity contribution in [2.24, 2.45) is 0 Å². The van der Waals surface area contributed by atoms with Gasteiger partial charge in [0, 0.05) is 31.2 Å². The number of amides is 1. The Kier molecular flexibility index (Phi) is 6.73. The molecule has 3 N–H and O–H groups in total. The van der Waals surface area contributed by atoms with Crippen LogP contribution in [-0.4, -0.2) is 40.8 Å². The third-order valence-electron chi connectivity index (χ3n) is 3.76. The highest BCUT2D eigenvalue weighted by atomic mass is 16.5. The summed E-state index contributed by atoms with van der Waals surface area (Å²) < 4.78 is 5.43. The molecular weight excluding hydrogens is 356 g/mol. The van der Waals surface area contributed by atoms with E-state index in [0.29, 0.717) is 30.5 Å². The Morgan fingerprint density at radius 2 is 1.64 bits per heavy atom. The van der Waals surface area contributed by atoms with Crippen molar-refractivity contribution in [1.29, 1.82) is 0 Å². The van der Waals surface area contributed by atoms with Crippen LogP contribution >= 0.6 is 0 Å². The molecule has 0 aliphatic heterocycles. The molecule has 1 amide bonds. The lowest BCUT2D eigenvalue weighted by molar-refractivity contribution is -0.123. The summed E-state index contributed by atoms with van der Waals surface area (Å²) in [6.45, 7) is 2.97. The van der Waals surface area contributed by atoms with Gasteiger partial charge in [0.05, 0.1) is 0 Å². The molecule has 144 valence electrons. The van der Waals surface area contributed by atoms with E-state index in [2.05, 4.69) is 31.1 Å². The quantitative estimate of drug-likeness (QED) is 0.492. The molecule has 0 saturated carbocycles. The van der Waals surface area contributed by atoms with E-state index in [1.54, 1.807) is 12.4 Å². The number of rotatable bonds is 9. The van der Waals surface area contributed by atoms with Gasteiger partial charge in [-0.2, -0.15) is 0 Å². The van der Waals surface area contributed by atoms with Crippen LogP contribution in [0, 0.1) is 6.92 Å². The topological polar surface area (TPSA) is 101 Å². The fraction of sp³-hybridized carbons (Fsp3) is 0.200. The third-order valence-corrected chi connectivity index (χ3v) is 3.76. The molecule has 0 saturated heterocycles. The van der Waals surface area contributed by atoms with Gasteiger partial charge in [-0.25, -0.2) is 0 Å². The summed E-state index contributed by atoms with van der Waals surface area (Å²) in [5.41, 5.74) is 2.03. The summed E-state index contributed by atoms with van der Waals surface area (Å²) in [6, 6.07) is 14.9. The molecule has 0 spiro atoms. The van der Waals surface area contributed by atoms with Gasteiger partial charge in [-0.1, -0.05) is 17.7 Å². The first-order valence-electron chi connectivity index (χ1n) is 8.90. The average Bonchev–Trinajstić information content (AvgIpc) is 2.73. The van der Waals surface area contributed by atoms with Crippen molar-refractivity contribution >= 4 is 23.2 Å². The van der Waals surface area contributed by atoms with E-state index >= 15 is 0 Å². The molecule has 0 aliphatic carbocycles. The molecule has 2 aromatic heterocycles. The van der Waals surface area contributed by atoms with Gasteiger partial charge in [0.25, 0.3) is 5.91 Å². The van der Waals surface area contributed by atoms with Crippen LogP contribution < -0.4 is 20.7 Å². The van der Waals surface area contributed by atoms with Crippen LogP contribution in [0.1, 0.15) is 5.56 Å². The molecule has 1 aromatic carbocycles. The van der Waals surface area contributed by atoms with E-state index in [1.807, 2.05) is 55.5 Å². The number of aryl methyl sites for hydroxylation is 1. The Labute approximate surface area is 163 Å². The van der Waals surface area contributed by atoms with Crippen LogP contribution in [0.3, 0.4) is 0 Å². The largest absolute Gasteiger partial charge is 0.484 e. The van der Waals surface area contributed by atoms with Crippen molar-refractivity contribution < 1.29 is 9.53 Å². The smallest absolute Gasteiger partial charge is 0.258 e. The van der Waals surface area contributed by atoms with Crippen molar-refractivity contribution in [2.45, 2.75) is 6.92 Å². The lowest BCUT2D eigenvalue weighted by atomic mass is 10.2. The second kappa shape index (κ2) is 9.86. The van der Waals surface area contributed by atoms with Gasteiger partial charge in [-0.05, 0) is 43.3 Å². The average molecular weight is 378 g/mol. The minimum absolute atomic E-state index is 0.0156. The molecule has 3 aromatic rings. The van der Waals surface area contributed by atoms with Gasteiger partial charge in [-0.15, -0.1) is 10.2 Å². The molecule has 3 rings (SSSR count).